The Balaban J connectivity index is 1.89. The van der Waals surface area contributed by atoms with E-state index < -0.39 is 0 Å². The Bertz CT molecular complexity index is 899. The number of rotatable bonds is 4. The minimum absolute atomic E-state index is 0.0405. The van der Waals surface area contributed by atoms with Crippen molar-refractivity contribution < 1.29 is 4.79 Å². The third kappa shape index (κ3) is 3.66. The highest BCUT2D eigenvalue weighted by Gasteiger charge is 2.02. The van der Waals surface area contributed by atoms with Crippen molar-refractivity contribution in [1.82, 2.24) is 4.98 Å². The van der Waals surface area contributed by atoms with Crippen molar-refractivity contribution >= 4 is 40.4 Å². The monoisotopic (exact) mass is 320 g/mol. The van der Waals surface area contributed by atoms with Gasteiger partial charge in [-0.15, -0.1) is 0 Å². The Morgan fingerprint density at radius 1 is 1.09 bits per heavy atom. The number of ketones is 1. The van der Waals surface area contributed by atoms with Crippen LogP contribution >= 0.6 is 11.6 Å². The highest BCUT2D eigenvalue weighted by Crippen LogP contribution is 2.19. The Morgan fingerprint density at radius 3 is 2.74 bits per heavy atom. The number of hydrogen-bond acceptors (Lipinski definition) is 2. The molecule has 0 N–H and O–H groups in total. The maximum atomic E-state index is 11.7. The summed E-state index contributed by atoms with van der Waals surface area (Å²) in [7, 11) is 0. The SMILES string of the molecule is [CH2]CC(=O)c1cccc(C=Cc2ccc3ccc(Cl)cc3n2)c1. The lowest BCUT2D eigenvalue weighted by Crippen LogP contribution is -1.96. The first kappa shape index (κ1) is 15.4. The Labute approximate surface area is 140 Å². The molecular weight excluding hydrogens is 306 g/mol. The summed E-state index contributed by atoms with van der Waals surface area (Å²) in [6.45, 7) is 3.63. The van der Waals surface area contributed by atoms with E-state index >= 15 is 0 Å². The zero-order valence-corrected chi connectivity index (χ0v) is 13.3. The van der Waals surface area contributed by atoms with Gasteiger partial charge in [0.1, 0.15) is 0 Å². The average Bonchev–Trinajstić information content (AvgIpc) is 2.59. The molecule has 0 saturated carbocycles. The predicted octanol–water partition coefficient (Wildman–Crippen LogP) is 5.47. The van der Waals surface area contributed by atoms with Crippen molar-refractivity contribution in [1.29, 1.82) is 0 Å². The third-order valence-corrected chi connectivity index (χ3v) is 3.79. The molecule has 0 aliphatic heterocycles. The van der Waals surface area contributed by atoms with Gasteiger partial charge in [-0.2, -0.15) is 0 Å². The van der Waals surface area contributed by atoms with E-state index in [1.165, 1.54) is 0 Å². The number of hydrogen-bond donors (Lipinski definition) is 0. The molecule has 0 fully saturated rings. The molecule has 3 heteroatoms. The Morgan fingerprint density at radius 2 is 1.91 bits per heavy atom. The minimum Gasteiger partial charge on any atom is -0.294 e. The lowest BCUT2D eigenvalue weighted by Gasteiger charge is -2.01. The molecule has 1 radical (unpaired) electrons. The number of carbonyl (C=O) groups excluding carboxylic acids is 1. The van der Waals surface area contributed by atoms with Crippen LogP contribution in [0.25, 0.3) is 23.1 Å². The number of benzene rings is 2. The molecule has 2 aromatic carbocycles. The largest absolute Gasteiger partial charge is 0.294 e. The lowest BCUT2D eigenvalue weighted by molar-refractivity contribution is 0.0995. The van der Waals surface area contributed by atoms with Gasteiger partial charge in [0.2, 0.25) is 0 Å². The van der Waals surface area contributed by atoms with Gasteiger partial charge in [-0.05, 0) is 42.8 Å². The summed E-state index contributed by atoms with van der Waals surface area (Å²) < 4.78 is 0. The quantitative estimate of drug-likeness (QED) is 0.597. The molecule has 3 rings (SSSR count). The van der Waals surface area contributed by atoms with E-state index in [1.807, 2.05) is 60.7 Å². The van der Waals surface area contributed by atoms with Gasteiger partial charge < -0.3 is 0 Å². The second kappa shape index (κ2) is 6.76. The van der Waals surface area contributed by atoms with Crippen molar-refractivity contribution in [3.63, 3.8) is 0 Å². The number of fused-ring (bicyclic) bond motifs is 1. The van der Waals surface area contributed by atoms with Crippen molar-refractivity contribution in [3.05, 3.63) is 83.4 Å². The predicted molar refractivity (Wildman–Crippen MR) is 96.4 cm³/mol. The number of carbonyl (C=O) groups is 1. The van der Waals surface area contributed by atoms with Gasteiger partial charge in [-0.25, -0.2) is 4.98 Å². The lowest BCUT2D eigenvalue weighted by atomic mass is 10.1. The second-order valence-electron chi connectivity index (χ2n) is 5.21. The molecule has 1 heterocycles. The highest BCUT2D eigenvalue weighted by molar-refractivity contribution is 6.31. The first-order valence-electron chi connectivity index (χ1n) is 7.32. The molecular formula is C20H15ClNO. The van der Waals surface area contributed by atoms with E-state index in [0.29, 0.717) is 10.6 Å². The number of pyridine rings is 1. The van der Waals surface area contributed by atoms with Crippen LogP contribution in [0, 0.1) is 6.92 Å². The standard InChI is InChI=1S/C20H15ClNO/c1-2-20(23)16-5-3-4-14(12-16)6-10-18-11-8-15-7-9-17(21)13-19(15)22-18/h3-13H,1-2H2. The van der Waals surface area contributed by atoms with E-state index in [4.69, 9.17) is 11.6 Å². The normalized spacial score (nSPS) is 11.2. The summed E-state index contributed by atoms with van der Waals surface area (Å²) in [6, 6.07) is 17.1. The molecule has 0 aliphatic carbocycles. The van der Waals surface area contributed by atoms with Crippen LogP contribution in [0.5, 0.6) is 0 Å². The number of aromatic nitrogens is 1. The van der Waals surface area contributed by atoms with Crippen LogP contribution in [0.15, 0.2) is 54.6 Å². The van der Waals surface area contributed by atoms with E-state index in [2.05, 4.69) is 11.9 Å². The van der Waals surface area contributed by atoms with Gasteiger partial charge >= 0.3 is 0 Å². The molecule has 0 atom stereocenters. The minimum atomic E-state index is 0.0405. The van der Waals surface area contributed by atoms with E-state index in [9.17, 15) is 4.79 Å². The highest BCUT2D eigenvalue weighted by atomic mass is 35.5. The first-order valence-corrected chi connectivity index (χ1v) is 7.70. The maximum absolute atomic E-state index is 11.7. The van der Waals surface area contributed by atoms with Crippen molar-refractivity contribution in [3.8, 4) is 0 Å². The molecule has 1 aromatic heterocycles. The third-order valence-electron chi connectivity index (χ3n) is 3.56. The van der Waals surface area contributed by atoms with E-state index in [1.54, 1.807) is 6.07 Å². The molecule has 2 nitrogen and oxygen atoms in total. The summed E-state index contributed by atoms with van der Waals surface area (Å²) in [5, 5.41) is 1.72. The fourth-order valence-electron chi connectivity index (χ4n) is 2.34. The van der Waals surface area contributed by atoms with Crippen LogP contribution < -0.4 is 0 Å². The van der Waals surface area contributed by atoms with Gasteiger partial charge in [-0.1, -0.05) is 48.0 Å². The summed E-state index contributed by atoms with van der Waals surface area (Å²) in [5.74, 6) is 0.0405. The number of nitrogens with zero attached hydrogens (tertiary/aromatic N) is 1. The molecule has 3 aromatic rings. The maximum Gasteiger partial charge on any atom is 0.162 e. The van der Waals surface area contributed by atoms with Gasteiger partial charge in [0.15, 0.2) is 5.78 Å². The summed E-state index contributed by atoms with van der Waals surface area (Å²) in [5.41, 5.74) is 3.34. The number of Topliss-reactive ketones (excluding diaryl/α,β-unsaturated/α-hetero) is 1. The van der Waals surface area contributed by atoms with Crippen molar-refractivity contribution in [2.45, 2.75) is 6.42 Å². The fourth-order valence-corrected chi connectivity index (χ4v) is 2.51. The summed E-state index contributed by atoms with van der Waals surface area (Å²) in [6.07, 6.45) is 4.13. The number of halogens is 1. The smallest absolute Gasteiger partial charge is 0.162 e. The molecule has 0 bridgehead atoms. The van der Waals surface area contributed by atoms with Gasteiger partial charge in [0.25, 0.3) is 0 Å². The molecule has 0 saturated heterocycles. The molecule has 0 aliphatic rings. The molecule has 0 unspecified atom stereocenters. The van der Waals surface area contributed by atoms with Gasteiger partial charge in [-0.3, -0.25) is 4.79 Å². The van der Waals surface area contributed by atoms with Crippen molar-refractivity contribution in [2.75, 3.05) is 0 Å². The molecule has 0 amide bonds. The van der Waals surface area contributed by atoms with Crippen LogP contribution in [0.2, 0.25) is 5.02 Å². The Hall–Kier alpha value is -2.45. The molecule has 23 heavy (non-hydrogen) atoms. The van der Waals surface area contributed by atoms with Gasteiger partial charge in [0.05, 0.1) is 11.2 Å². The van der Waals surface area contributed by atoms with E-state index in [0.717, 1.165) is 22.2 Å². The average molecular weight is 321 g/mol. The van der Waals surface area contributed by atoms with E-state index in [-0.39, 0.29) is 12.2 Å². The second-order valence-corrected chi connectivity index (χ2v) is 5.64. The van der Waals surface area contributed by atoms with Crippen LogP contribution in [0.3, 0.4) is 0 Å². The van der Waals surface area contributed by atoms with Crippen LogP contribution in [0.1, 0.15) is 28.0 Å². The van der Waals surface area contributed by atoms with Crippen LogP contribution in [-0.2, 0) is 0 Å². The Kier molecular flexibility index (Phi) is 4.54. The van der Waals surface area contributed by atoms with Crippen LogP contribution in [0.4, 0.5) is 0 Å². The zero-order chi connectivity index (χ0) is 16.2. The van der Waals surface area contributed by atoms with Crippen LogP contribution in [-0.4, -0.2) is 10.8 Å². The topological polar surface area (TPSA) is 30.0 Å². The molecule has 113 valence electrons. The summed E-state index contributed by atoms with van der Waals surface area (Å²) >= 11 is 6.01. The zero-order valence-electron chi connectivity index (χ0n) is 12.5. The molecule has 0 spiro atoms. The summed E-state index contributed by atoms with van der Waals surface area (Å²) in [4.78, 5) is 16.3. The van der Waals surface area contributed by atoms with Crippen molar-refractivity contribution in [2.24, 2.45) is 0 Å². The first-order chi connectivity index (χ1) is 11.2. The van der Waals surface area contributed by atoms with Gasteiger partial charge in [0, 0.05) is 22.4 Å². The fraction of sp³-hybridized carbons (Fsp3) is 0.0500.